The van der Waals surface area contributed by atoms with E-state index in [0.717, 1.165) is 44.5 Å². The van der Waals surface area contributed by atoms with Gasteiger partial charge in [0, 0.05) is 31.7 Å². The first-order valence-electron chi connectivity index (χ1n) is 15.9. The van der Waals surface area contributed by atoms with Crippen LogP contribution in [0.3, 0.4) is 0 Å². The van der Waals surface area contributed by atoms with Gasteiger partial charge in [-0.2, -0.15) is 0 Å². The van der Waals surface area contributed by atoms with Gasteiger partial charge in [0.2, 0.25) is 0 Å². The SMILES string of the molecule is Cc1cc(C)cc(-c2cccc3oc4c(-c5cc(C(C)C)ccn5)[c-]ccc4c23)c1.[CH3][Ge]([CH3])([CH3])[c]1ccc(-c2[c-]cccc2)nc1.[Ir]. The third-order valence-electron chi connectivity index (χ3n) is 8.31. The quantitative estimate of drug-likeness (QED) is 0.128. The fourth-order valence-electron chi connectivity index (χ4n) is 5.84. The van der Waals surface area contributed by atoms with Crippen LogP contribution in [-0.4, -0.2) is 23.2 Å². The van der Waals surface area contributed by atoms with Crippen LogP contribution in [0.15, 0.2) is 114 Å². The summed E-state index contributed by atoms with van der Waals surface area (Å²) in [4.78, 5) is 9.16. The number of rotatable bonds is 5. The Morgan fingerprint density at radius 1 is 0.745 bits per heavy atom. The molecule has 1 radical (unpaired) electrons. The van der Waals surface area contributed by atoms with Crippen molar-refractivity contribution in [2.75, 3.05) is 0 Å². The van der Waals surface area contributed by atoms with Gasteiger partial charge < -0.3 is 9.40 Å². The van der Waals surface area contributed by atoms with Gasteiger partial charge in [-0.1, -0.05) is 77.9 Å². The number of benzene rings is 4. The zero-order valence-electron chi connectivity index (χ0n) is 28.1. The molecule has 0 saturated carbocycles. The predicted octanol–water partition coefficient (Wildman–Crippen LogP) is 10.9. The van der Waals surface area contributed by atoms with E-state index in [1.54, 1.807) is 0 Å². The molecule has 7 rings (SSSR count). The van der Waals surface area contributed by atoms with Crippen molar-refractivity contribution >= 4 is 39.6 Å². The van der Waals surface area contributed by atoms with Crippen LogP contribution in [0.1, 0.15) is 36.5 Å². The molecule has 0 atom stereocenters. The summed E-state index contributed by atoms with van der Waals surface area (Å²) in [6, 6.07) is 40.1. The summed E-state index contributed by atoms with van der Waals surface area (Å²) in [5, 5.41) is 2.25. The van der Waals surface area contributed by atoms with Crippen molar-refractivity contribution in [1.29, 1.82) is 0 Å². The minimum atomic E-state index is -1.72. The molecule has 0 aliphatic heterocycles. The van der Waals surface area contributed by atoms with Crippen molar-refractivity contribution in [3.05, 3.63) is 138 Å². The minimum Gasteiger partial charge on any atom is 0 e. The van der Waals surface area contributed by atoms with E-state index in [4.69, 9.17) is 4.42 Å². The Morgan fingerprint density at radius 2 is 1.53 bits per heavy atom. The van der Waals surface area contributed by atoms with Crippen molar-refractivity contribution in [1.82, 2.24) is 9.97 Å². The van der Waals surface area contributed by atoms with E-state index in [1.165, 1.54) is 32.2 Å². The second kappa shape index (κ2) is 14.5. The molecule has 0 aliphatic rings. The number of aromatic nitrogens is 2. The largest absolute Gasteiger partial charge is 0 e. The summed E-state index contributed by atoms with van der Waals surface area (Å²) >= 11 is -1.72. The number of furan rings is 1. The maximum Gasteiger partial charge on any atom is 0 e. The second-order valence-corrected chi connectivity index (χ2v) is 24.0. The molecule has 4 aromatic carbocycles. The third-order valence-corrected chi connectivity index (χ3v) is 12.6. The average Bonchev–Trinajstić information content (AvgIpc) is 3.44. The van der Waals surface area contributed by atoms with Crippen molar-refractivity contribution in [2.24, 2.45) is 0 Å². The molecule has 3 nitrogen and oxygen atoms in total. The van der Waals surface area contributed by atoms with Gasteiger partial charge in [0.25, 0.3) is 0 Å². The fraction of sp³-hybridized carbons (Fsp3) is 0.190. The molecule has 5 heteroatoms. The number of fused-ring (bicyclic) bond motifs is 3. The molecule has 47 heavy (non-hydrogen) atoms. The van der Waals surface area contributed by atoms with Crippen LogP contribution in [0.4, 0.5) is 0 Å². The monoisotopic (exact) mass is 855 g/mol. The first-order chi connectivity index (χ1) is 22.1. The molecule has 3 aromatic heterocycles. The first kappa shape index (κ1) is 34.5. The normalized spacial score (nSPS) is 11.3. The van der Waals surface area contributed by atoms with Crippen LogP contribution < -0.4 is 4.40 Å². The smallest absolute Gasteiger partial charge is 0 e. The van der Waals surface area contributed by atoms with E-state index in [0.29, 0.717) is 5.92 Å². The van der Waals surface area contributed by atoms with Crippen LogP contribution in [0.2, 0.25) is 17.3 Å². The van der Waals surface area contributed by atoms with Crippen LogP contribution >= 0.6 is 0 Å². The molecule has 0 saturated heterocycles. The van der Waals surface area contributed by atoms with E-state index in [2.05, 4.69) is 128 Å². The van der Waals surface area contributed by atoms with Gasteiger partial charge in [-0.05, 0) is 48.7 Å². The topological polar surface area (TPSA) is 38.9 Å². The van der Waals surface area contributed by atoms with E-state index in [-0.39, 0.29) is 20.1 Å². The molecule has 239 valence electrons. The van der Waals surface area contributed by atoms with Crippen LogP contribution in [0, 0.1) is 26.0 Å². The first-order valence-corrected chi connectivity index (χ1v) is 23.3. The Kier molecular flexibility index (Phi) is 10.7. The van der Waals surface area contributed by atoms with Crippen LogP contribution in [0.25, 0.3) is 55.6 Å². The molecule has 3 heterocycles. The van der Waals surface area contributed by atoms with E-state index >= 15 is 0 Å². The number of hydrogen-bond donors (Lipinski definition) is 0. The van der Waals surface area contributed by atoms with Crippen molar-refractivity contribution in [3.8, 4) is 33.6 Å². The summed E-state index contributed by atoms with van der Waals surface area (Å²) in [6.45, 7) is 8.68. The zero-order chi connectivity index (χ0) is 32.4. The molecular weight excluding hydrogens is 813 g/mol. The van der Waals surface area contributed by atoms with Gasteiger partial charge in [0.05, 0.1) is 5.58 Å². The van der Waals surface area contributed by atoms with E-state index in [1.807, 2.05) is 48.8 Å². The Bertz CT molecular complexity index is 2110. The zero-order valence-corrected chi connectivity index (χ0v) is 32.6. The average molecular weight is 854 g/mol. The van der Waals surface area contributed by atoms with Crippen molar-refractivity contribution in [2.45, 2.75) is 50.9 Å². The van der Waals surface area contributed by atoms with Crippen LogP contribution in [-0.2, 0) is 20.1 Å². The molecular formula is C42H40GeIrN2O-2. The van der Waals surface area contributed by atoms with Gasteiger partial charge >= 0.3 is 99.8 Å². The van der Waals surface area contributed by atoms with Gasteiger partial charge in [-0.15, -0.1) is 18.2 Å². The summed E-state index contributed by atoms with van der Waals surface area (Å²) in [6.07, 6.45) is 3.91. The second-order valence-electron chi connectivity index (χ2n) is 13.3. The van der Waals surface area contributed by atoms with Crippen molar-refractivity contribution in [3.63, 3.8) is 0 Å². The molecule has 0 aliphatic carbocycles. The Labute approximate surface area is 295 Å². The molecule has 0 fully saturated rings. The summed E-state index contributed by atoms with van der Waals surface area (Å²) < 4.78 is 7.83. The summed E-state index contributed by atoms with van der Waals surface area (Å²) in [5.41, 5.74) is 11.8. The van der Waals surface area contributed by atoms with Crippen molar-refractivity contribution < 1.29 is 24.5 Å². The molecule has 0 spiro atoms. The molecule has 0 N–H and O–H groups in total. The molecule has 0 unspecified atom stereocenters. The minimum absolute atomic E-state index is 0. The van der Waals surface area contributed by atoms with Gasteiger partial charge in [0.15, 0.2) is 0 Å². The van der Waals surface area contributed by atoms with E-state index in [9.17, 15) is 0 Å². The Morgan fingerprint density at radius 3 is 2.19 bits per heavy atom. The predicted molar refractivity (Wildman–Crippen MR) is 196 cm³/mol. The molecule has 0 amide bonds. The number of hydrogen-bond acceptors (Lipinski definition) is 3. The maximum atomic E-state index is 6.39. The summed E-state index contributed by atoms with van der Waals surface area (Å²) in [7, 11) is 0. The summed E-state index contributed by atoms with van der Waals surface area (Å²) in [5.74, 6) is 7.58. The maximum absolute atomic E-state index is 6.39. The Hall–Kier alpha value is -3.83. The Balaban J connectivity index is 0.000000217. The molecule has 0 bridgehead atoms. The fourth-order valence-corrected chi connectivity index (χ4v) is 8.02. The standard InChI is InChI=1S/C28H24NO.C14H16GeN.Ir/c1-17(2)20-11-12-29-25(16-20)23-8-5-9-24-27-22(7-6-10-26(27)30-28(23)24)21-14-18(3)13-19(4)15-21;1-15(2,3)13-9-10-14(16-11-13)12-7-5-4-6-8-12;/h5-7,9-17H,1-4H3;4-7,9-11H,1-3H3;/q2*-1;. The number of nitrogens with zero attached hydrogens (tertiary/aromatic N) is 2. The third kappa shape index (κ3) is 7.67. The van der Waals surface area contributed by atoms with Gasteiger partial charge in [-0.3, -0.25) is 0 Å². The van der Waals surface area contributed by atoms with E-state index < -0.39 is 13.3 Å². The van der Waals surface area contributed by atoms with Crippen LogP contribution in [0.5, 0.6) is 0 Å². The number of pyridine rings is 2. The van der Waals surface area contributed by atoms with Gasteiger partial charge in [0.1, 0.15) is 5.58 Å². The molecule has 7 aromatic rings. The van der Waals surface area contributed by atoms with Gasteiger partial charge in [-0.25, -0.2) is 0 Å². The number of aryl methyl sites for hydroxylation is 2.